The molecule has 0 aliphatic carbocycles. The molecule has 6 nitrogen and oxygen atoms in total. The van der Waals surface area contributed by atoms with E-state index < -0.39 is 0 Å². The standard InChI is InChI=1S/C29H40N6/c1-21(31-25-10-14-35(15-11-25)29(2,3)4)28-26-17-23(8-9-27(26)32-33-28)24-16-22(18-30-19-24)20-34-12-6-5-7-13-34/h8-9,16-19,25,31H,1,5-7,10-15,20H2,2-4H3,(H,32,33). The van der Waals surface area contributed by atoms with Crippen LogP contribution in [0.1, 0.15) is 64.1 Å². The Morgan fingerprint density at radius 1 is 1.03 bits per heavy atom. The molecule has 2 aliphatic heterocycles. The minimum Gasteiger partial charge on any atom is -0.381 e. The highest BCUT2D eigenvalue weighted by Crippen LogP contribution is 2.29. The first kappa shape index (κ1) is 24.0. The van der Waals surface area contributed by atoms with Gasteiger partial charge in [-0.2, -0.15) is 5.10 Å². The van der Waals surface area contributed by atoms with E-state index in [1.54, 1.807) is 0 Å². The number of fused-ring (bicyclic) bond motifs is 1. The summed E-state index contributed by atoms with van der Waals surface area (Å²) < 4.78 is 0. The van der Waals surface area contributed by atoms with Crippen molar-refractivity contribution in [1.29, 1.82) is 0 Å². The summed E-state index contributed by atoms with van der Waals surface area (Å²) in [5, 5.41) is 12.6. The van der Waals surface area contributed by atoms with Crippen LogP contribution in [0.4, 0.5) is 0 Å². The molecule has 4 heterocycles. The summed E-state index contributed by atoms with van der Waals surface area (Å²) in [4.78, 5) is 9.68. The molecule has 2 aliphatic rings. The highest BCUT2D eigenvalue weighted by Gasteiger charge is 2.27. The molecule has 6 heteroatoms. The van der Waals surface area contributed by atoms with E-state index in [1.165, 1.54) is 43.5 Å². The molecule has 5 rings (SSSR count). The first-order valence-corrected chi connectivity index (χ1v) is 13.2. The van der Waals surface area contributed by atoms with Crippen LogP contribution in [0.25, 0.3) is 27.7 Å². The van der Waals surface area contributed by atoms with Crippen LogP contribution in [0.5, 0.6) is 0 Å². The number of nitrogens with zero attached hydrogens (tertiary/aromatic N) is 4. The second kappa shape index (κ2) is 10.1. The summed E-state index contributed by atoms with van der Waals surface area (Å²) in [5.41, 5.74) is 6.69. The van der Waals surface area contributed by atoms with Gasteiger partial charge in [0.2, 0.25) is 0 Å². The molecule has 3 aromatic rings. The van der Waals surface area contributed by atoms with Crippen molar-refractivity contribution in [3.8, 4) is 11.1 Å². The minimum atomic E-state index is 0.233. The summed E-state index contributed by atoms with van der Waals surface area (Å²) in [5.74, 6) is 0. The van der Waals surface area contributed by atoms with Crippen molar-refractivity contribution in [2.24, 2.45) is 0 Å². The Hall–Kier alpha value is -2.70. The Kier molecular flexibility index (Phi) is 6.94. The third-order valence-corrected chi connectivity index (χ3v) is 7.65. The quantitative estimate of drug-likeness (QED) is 0.501. The van der Waals surface area contributed by atoms with E-state index in [1.807, 2.05) is 12.4 Å². The first-order valence-electron chi connectivity index (χ1n) is 13.2. The maximum atomic E-state index is 4.62. The van der Waals surface area contributed by atoms with Gasteiger partial charge in [-0.25, -0.2) is 0 Å². The highest BCUT2D eigenvalue weighted by molar-refractivity contribution is 5.92. The van der Waals surface area contributed by atoms with Gasteiger partial charge in [-0.15, -0.1) is 0 Å². The van der Waals surface area contributed by atoms with Crippen LogP contribution in [0.3, 0.4) is 0 Å². The van der Waals surface area contributed by atoms with E-state index in [0.717, 1.165) is 60.3 Å². The van der Waals surface area contributed by atoms with Gasteiger partial charge >= 0.3 is 0 Å². The average Bonchev–Trinajstić information content (AvgIpc) is 3.28. The SMILES string of the molecule is C=C(NC1CCN(C(C)(C)C)CC1)c1n[nH]c2ccc(-c3cncc(CN4CCCCC4)c3)cc12. The van der Waals surface area contributed by atoms with E-state index in [2.05, 4.69) is 81.9 Å². The number of likely N-dealkylation sites (tertiary alicyclic amines) is 2. The second-order valence-corrected chi connectivity index (χ2v) is 11.3. The van der Waals surface area contributed by atoms with Gasteiger partial charge < -0.3 is 5.32 Å². The molecule has 0 amide bonds. The van der Waals surface area contributed by atoms with Gasteiger partial charge in [-0.1, -0.05) is 19.1 Å². The third kappa shape index (κ3) is 5.60. The number of nitrogens with one attached hydrogen (secondary N) is 2. The Morgan fingerprint density at radius 2 is 1.80 bits per heavy atom. The smallest absolute Gasteiger partial charge is 0.115 e. The third-order valence-electron chi connectivity index (χ3n) is 7.65. The largest absolute Gasteiger partial charge is 0.381 e. The topological polar surface area (TPSA) is 60.1 Å². The monoisotopic (exact) mass is 472 g/mol. The lowest BCUT2D eigenvalue weighted by atomic mass is 9.97. The predicted octanol–water partition coefficient (Wildman–Crippen LogP) is 5.43. The number of hydrogen-bond donors (Lipinski definition) is 2. The molecule has 186 valence electrons. The lowest BCUT2D eigenvalue weighted by Crippen LogP contribution is -2.49. The number of hydrogen-bond acceptors (Lipinski definition) is 5. The molecule has 0 radical (unpaired) electrons. The maximum Gasteiger partial charge on any atom is 0.115 e. The number of aromatic amines is 1. The number of rotatable bonds is 6. The van der Waals surface area contributed by atoms with E-state index in [4.69, 9.17) is 0 Å². The normalized spacial score (nSPS) is 18.7. The summed E-state index contributed by atoms with van der Waals surface area (Å²) in [7, 11) is 0. The van der Waals surface area contributed by atoms with Gasteiger partial charge in [0.25, 0.3) is 0 Å². The molecule has 35 heavy (non-hydrogen) atoms. The van der Waals surface area contributed by atoms with Gasteiger partial charge in [-0.3, -0.25) is 19.9 Å². The van der Waals surface area contributed by atoms with Crippen molar-refractivity contribution in [2.75, 3.05) is 26.2 Å². The van der Waals surface area contributed by atoms with Crippen molar-refractivity contribution in [3.05, 3.63) is 54.5 Å². The van der Waals surface area contributed by atoms with Crippen molar-refractivity contribution >= 4 is 16.6 Å². The summed E-state index contributed by atoms with van der Waals surface area (Å²) >= 11 is 0. The van der Waals surface area contributed by atoms with Crippen LogP contribution in [-0.2, 0) is 6.54 Å². The van der Waals surface area contributed by atoms with Crippen molar-refractivity contribution in [3.63, 3.8) is 0 Å². The van der Waals surface area contributed by atoms with Crippen molar-refractivity contribution in [1.82, 2.24) is 30.3 Å². The molecule has 0 spiro atoms. The molecule has 0 saturated carbocycles. The summed E-state index contributed by atoms with van der Waals surface area (Å²) in [6.07, 6.45) is 10.2. The number of benzene rings is 1. The molecule has 2 aromatic heterocycles. The van der Waals surface area contributed by atoms with Crippen LogP contribution < -0.4 is 5.32 Å². The highest BCUT2D eigenvalue weighted by atomic mass is 15.2. The fourth-order valence-corrected chi connectivity index (χ4v) is 5.54. The zero-order chi connectivity index (χ0) is 24.4. The van der Waals surface area contributed by atoms with Crippen LogP contribution >= 0.6 is 0 Å². The molecule has 2 fully saturated rings. The lowest BCUT2D eigenvalue weighted by Gasteiger charge is -2.41. The van der Waals surface area contributed by atoms with Crippen molar-refractivity contribution < 1.29 is 0 Å². The van der Waals surface area contributed by atoms with Crippen LogP contribution in [0, 0.1) is 0 Å². The van der Waals surface area contributed by atoms with Gasteiger partial charge in [-0.05, 0) is 88.9 Å². The van der Waals surface area contributed by atoms with E-state index in [-0.39, 0.29) is 5.54 Å². The predicted molar refractivity (Wildman–Crippen MR) is 145 cm³/mol. The molecule has 0 unspecified atom stereocenters. The molecule has 2 saturated heterocycles. The van der Waals surface area contributed by atoms with E-state index in [9.17, 15) is 0 Å². The van der Waals surface area contributed by atoms with Crippen LogP contribution in [-0.4, -0.2) is 62.7 Å². The Morgan fingerprint density at radius 3 is 2.54 bits per heavy atom. The van der Waals surface area contributed by atoms with Crippen LogP contribution in [0.2, 0.25) is 0 Å². The average molecular weight is 473 g/mol. The Bertz CT molecular complexity index is 1160. The molecule has 1 aromatic carbocycles. The number of aromatic nitrogens is 3. The molecular weight excluding hydrogens is 432 g/mol. The zero-order valence-electron chi connectivity index (χ0n) is 21.6. The lowest BCUT2D eigenvalue weighted by molar-refractivity contribution is 0.0994. The number of piperidine rings is 2. The maximum absolute atomic E-state index is 4.62. The molecule has 0 atom stereocenters. The van der Waals surface area contributed by atoms with Gasteiger partial charge in [0.1, 0.15) is 5.69 Å². The second-order valence-electron chi connectivity index (χ2n) is 11.3. The van der Waals surface area contributed by atoms with Gasteiger partial charge in [0.05, 0.1) is 11.2 Å². The summed E-state index contributed by atoms with van der Waals surface area (Å²) in [6.45, 7) is 16.8. The number of H-pyrrole nitrogens is 1. The Labute approximate surface area is 209 Å². The van der Waals surface area contributed by atoms with Gasteiger partial charge in [0, 0.05) is 54.6 Å². The fourth-order valence-electron chi connectivity index (χ4n) is 5.54. The molecule has 2 N–H and O–H groups in total. The first-order chi connectivity index (χ1) is 16.9. The van der Waals surface area contributed by atoms with Crippen molar-refractivity contribution in [2.45, 2.75) is 71.0 Å². The molecular formula is C29H40N6. The van der Waals surface area contributed by atoms with Crippen LogP contribution in [0.15, 0.2) is 43.2 Å². The fraction of sp³-hybridized carbons (Fsp3) is 0.517. The zero-order valence-corrected chi connectivity index (χ0v) is 21.6. The van der Waals surface area contributed by atoms with E-state index in [0.29, 0.717) is 6.04 Å². The minimum absolute atomic E-state index is 0.233. The molecule has 0 bridgehead atoms. The number of pyridine rings is 1. The Balaban J connectivity index is 1.30. The van der Waals surface area contributed by atoms with Gasteiger partial charge in [0.15, 0.2) is 0 Å². The van der Waals surface area contributed by atoms with E-state index >= 15 is 0 Å². The summed E-state index contributed by atoms with van der Waals surface area (Å²) in [6, 6.07) is 9.23.